The Bertz CT molecular complexity index is 510. The molecule has 0 fully saturated rings. The van der Waals surface area contributed by atoms with E-state index in [0.717, 1.165) is 19.3 Å². The molecule has 0 radical (unpaired) electrons. The van der Waals surface area contributed by atoms with Crippen molar-refractivity contribution in [1.29, 1.82) is 0 Å². The quantitative estimate of drug-likeness (QED) is 0.597. The number of nitrogens with two attached hydrogens (primary N) is 1. The fraction of sp³-hybridized carbons (Fsp3) is 0.571. The van der Waals surface area contributed by atoms with Crippen LogP contribution in [0.5, 0.6) is 0 Å². The molecule has 1 aromatic carbocycles. The summed E-state index contributed by atoms with van der Waals surface area (Å²) in [5.74, 6) is 0.660. The predicted octanol–water partition coefficient (Wildman–Crippen LogP) is 2.68. The normalized spacial score (nSPS) is 12.0. The second-order valence-electron chi connectivity index (χ2n) is 5.31. The Hall–Kier alpha value is -1.07. The van der Waals surface area contributed by atoms with Crippen LogP contribution in [0.4, 0.5) is 5.69 Å². The van der Waals surface area contributed by atoms with Crippen molar-refractivity contribution < 1.29 is 8.42 Å². The topological polar surface area (TPSA) is 72.2 Å². The van der Waals surface area contributed by atoms with Crippen LogP contribution in [0.25, 0.3) is 0 Å². The fourth-order valence-corrected chi connectivity index (χ4v) is 3.22. The summed E-state index contributed by atoms with van der Waals surface area (Å²) in [4.78, 5) is 0.274. The van der Waals surface area contributed by atoms with E-state index in [9.17, 15) is 8.42 Å². The third-order valence-electron chi connectivity index (χ3n) is 3.00. The maximum Gasteiger partial charge on any atom is 0.240 e. The number of rotatable bonds is 7. The summed E-state index contributed by atoms with van der Waals surface area (Å²) in [7, 11) is -3.44. The molecule has 0 aromatic heterocycles. The summed E-state index contributed by atoms with van der Waals surface area (Å²) in [6, 6.07) is 4.94. The summed E-state index contributed by atoms with van der Waals surface area (Å²) in [6.07, 6.45) is 3.02. The maximum atomic E-state index is 12.1. The van der Waals surface area contributed by atoms with Crippen LogP contribution in [0.3, 0.4) is 0 Å². The molecular weight excluding hydrogens is 260 g/mol. The van der Waals surface area contributed by atoms with E-state index in [1.165, 1.54) is 6.07 Å². The van der Waals surface area contributed by atoms with Gasteiger partial charge in [-0.3, -0.25) is 0 Å². The summed E-state index contributed by atoms with van der Waals surface area (Å²) in [5.41, 5.74) is 6.82. The van der Waals surface area contributed by atoms with E-state index in [4.69, 9.17) is 5.73 Å². The zero-order chi connectivity index (χ0) is 14.5. The minimum atomic E-state index is -3.44. The Labute approximate surface area is 116 Å². The standard InChI is InChI=1S/C14H24N2O2S/c1-11(2)6-4-5-9-16-19(17,18)14-10-13(15)8-7-12(14)3/h7-8,10-11,16H,4-6,9,15H2,1-3H3. The van der Waals surface area contributed by atoms with Crippen molar-refractivity contribution in [3.63, 3.8) is 0 Å². The summed E-state index contributed by atoms with van der Waals surface area (Å²) in [5, 5.41) is 0. The number of hydrogen-bond acceptors (Lipinski definition) is 3. The molecule has 3 N–H and O–H groups in total. The van der Waals surface area contributed by atoms with E-state index in [0.29, 0.717) is 23.7 Å². The van der Waals surface area contributed by atoms with Gasteiger partial charge in [0.05, 0.1) is 4.90 Å². The average molecular weight is 284 g/mol. The van der Waals surface area contributed by atoms with Crippen LogP contribution in [0.15, 0.2) is 23.1 Å². The lowest BCUT2D eigenvalue weighted by Crippen LogP contribution is -2.25. The van der Waals surface area contributed by atoms with Crippen molar-refractivity contribution in [1.82, 2.24) is 4.72 Å². The van der Waals surface area contributed by atoms with E-state index in [1.807, 2.05) is 0 Å². The first-order chi connectivity index (χ1) is 8.83. The summed E-state index contributed by atoms with van der Waals surface area (Å²) in [6.45, 7) is 6.58. The van der Waals surface area contributed by atoms with Gasteiger partial charge in [-0.15, -0.1) is 0 Å². The maximum absolute atomic E-state index is 12.1. The molecule has 1 rings (SSSR count). The van der Waals surface area contributed by atoms with Gasteiger partial charge in [0.1, 0.15) is 0 Å². The Kier molecular flexibility index (Phi) is 5.82. The molecule has 0 aliphatic rings. The first-order valence-corrected chi connectivity index (χ1v) is 8.17. The molecule has 108 valence electrons. The highest BCUT2D eigenvalue weighted by Crippen LogP contribution is 2.18. The van der Waals surface area contributed by atoms with Gasteiger partial charge in [0.2, 0.25) is 10.0 Å². The van der Waals surface area contributed by atoms with Gasteiger partial charge in [-0.05, 0) is 37.0 Å². The smallest absolute Gasteiger partial charge is 0.240 e. The van der Waals surface area contributed by atoms with Crippen LogP contribution in [0, 0.1) is 12.8 Å². The van der Waals surface area contributed by atoms with Crippen LogP contribution < -0.4 is 10.5 Å². The van der Waals surface area contributed by atoms with Crippen molar-refractivity contribution in [2.45, 2.75) is 44.9 Å². The number of unbranched alkanes of at least 4 members (excludes halogenated alkanes) is 1. The molecule has 0 amide bonds. The second-order valence-corrected chi connectivity index (χ2v) is 7.05. The lowest BCUT2D eigenvalue weighted by atomic mass is 10.1. The van der Waals surface area contributed by atoms with Gasteiger partial charge < -0.3 is 5.73 Å². The summed E-state index contributed by atoms with van der Waals surface area (Å²) < 4.78 is 26.9. The number of anilines is 1. The number of nitrogen functional groups attached to an aromatic ring is 1. The van der Waals surface area contributed by atoms with Gasteiger partial charge in [0, 0.05) is 12.2 Å². The van der Waals surface area contributed by atoms with Gasteiger partial charge >= 0.3 is 0 Å². The van der Waals surface area contributed by atoms with Crippen LogP contribution >= 0.6 is 0 Å². The molecule has 0 unspecified atom stereocenters. The number of nitrogens with one attached hydrogen (secondary N) is 1. The molecular formula is C14H24N2O2S. The van der Waals surface area contributed by atoms with Crippen molar-refractivity contribution in [3.05, 3.63) is 23.8 Å². The minimum absolute atomic E-state index is 0.274. The van der Waals surface area contributed by atoms with E-state index in [2.05, 4.69) is 18.6 Å². The Morgan fingerprint density at radius 1 is 1.26 bits per heavy atom. The van der Waals surface area contributed by atoms with E-state index < -0.39 is 10.0 Å². The van der Waals surface area contributed by atoms with Crippen molar-refractivity contribution in [2.24, 2.45) is 5.92 Å². The zero-order valence-electron chi connectivity index (χ0n) is 11.9. The molecule has 0 saturated heterocycles. The molecule has 1 aromatic rings. The van der Waals surface area contributed by atoms with E-state index in [-0.39, 0.29) is 4.90 Å². The average Bonchev–Trinajstić information content (AvgIpc) is 2.31. The third-order valence-corrected chi connectivity index (χ3v) is 4.61. The molecule has 0 spiro atoms. The molecule has 0 atom stereocenters. The fourth-order valence-electron chi connectivity index (χ4n) is 1.87. The van der Waals surface area contributed by atoms with Gasteiger partial charge in [-0.1, -0.05) is 32.8 Å². The van der Waals surface area contributed by atoms with Gasteiger partial charge in [0.25, 0.3) is 0 Å². The SMILES string of the molecule is Cc1ccc(N)cc1S(=O)(=O)NCCCCC(C)C. The third kappa shape index (κ3) is 5.20. The number of benzene rings is 1. The molecule has 0 saturated carbocycles. The number of aryl methyl sites for hydroxylation is 1. The van der Waals surface area contributed by atoms with E-state index >= 15 is 0 Å². The van der Waals surface area contributed by atoms with Crippen LogP contribution in [0.2, 0.25) is 0 Å². The molecule has 0 heterocycles. The Balaban J connectivity index is 2.59. The van der Waals surface area contributed by atoms with Crippen LogP contribution in [-0.4, -0.2) is 15.0 Å². The van der Waals surface area contributed by atoms with E-state index in [1.54, 1.807) is 19.1 Å². The molecule has 0 aliphatic carbocycles. The second kappa shape index (κ2) is 6.91. The zero-order valence-corrected chi connectivity index (χ0v) is 12.8. The van der Waals surface area contributed by atoms with Crippen LogP contribution in [-0.2, 0) is 10.0 Å². The first kappa shape index (κ1) is 16.0. The van der Waals surface area contributed by atoms with Crippen molar-refractivity contribution in [3.8, 4) is 0 Å². The molecule has 0 aliphatic heterocycles. The van der Waals surface area contributed by atoms with Crippen molar-refractivity contribution >= 4 is 15.7 Å². The van der Waals surface area contributed by atoms with Crippen LogP contribution in [0.1, 0.15) is 38.7 Å². The molecule has 0 bridgehead atoms. The highest BCUT2D eigenvalue weighted by molar-refractivity contribution is 7.89. The largest absolute Gasteiger partial charge is 0.399 e. The lowest BCUT2D eigenvalue weighted by Gasteiger charge is -2.10. The Morgan fingerprint density at radius 3 is 2.58 bits per heavy atom. The lowest BCUT2D eigenvalue weighted by molar-refractivity contribution is 0.530. The minimum Gasteiger partial charge on any atom is -0.399 e. The van der Waals surface area contributed by atoms with Crippen molar-refractivity contribution in [2.75, 3.05) is 12.3 Å². The highest BCUT2D eigenvalue weighted by atomic mass is 32.2. The van der Waals surface area contributed by atoms with Gasteiger partial charge in [-0.25, -0.2) is 13.1 Å². The molecule has 19 heavy (non-hydrogen) atoms. The van der Waals surface area contributed by atoms with Gasteiger partial charge in [0.15, 0.2) is 0 Å². The van der Waals surface area contributed by atoms with Gasteiger partial charge in [-0.2, -0.15) is 0 Å². The molecule has 5 heteroatoms. The Morgan fingerprint density at radius 2 is 1.95 bits per heavy atom. The predicted molar refractivity (Wildman–Crippen MR) is 79.5 cm³/mol. The first-order valence-electron chi connectivity index (χ1n) is 6.68. The summed E-state index contributed by atoms with van der Waals surface area (Å²) >= 11 is 0. The number of sulfonamides is 1. The number of hydrogen-bond donors (Lipinski definition) is 2. The monoisotopic (exact) mass is 284 g/mol. The molecule has 4 nitrogen and oxygen atoms in total. The highest BCUT2D eigenvalue weighted by Gasteiger charge is 2.16.